The third kappa shape index (κ3) is 2.64. The zero-order valence-corrected chi connectivity index (χ0v) is 19.0. The predicted molar refractivity (Wildman–Crippen MR) is 131 cm³/mol. The second kappa shape index (κ2) is 7.52. The van der Waals surface area contributed by atoms with Crippen molar-refractivity contribution in [2.24, 2.45) is 5.92 Å². The second-order valence-electron chi connectivity index (χ2n) is 9.35. The molecule has 0 aromatic heterocycles. The van der Waals surface area contributed by atoms with E-state index in [2.05, 4.69) is 6.58 Å². The number of aliphatic hydroxyl groups excluding tert-OH is 1. The van der Waals surface area contributed by atoms with Crippen LogP contribution in [0.1, 0.15) is 35.7 Å². The summed E-state index contributed by atoms with van der Waals surface area (Å²) in [6, 6.07) is 17.5. The fourth-order valence-corrected chi connectivity index (χ4v) is 6.00. The number of benzene rings is 3. The smallest absolute Gasteiger partial charge is 0.264 e. The number of nitrogens with zero attached hydrogens (tertiary/aromatic N) is 2. The van der Waals surface area contributed by atoms with Crippen molar-refractivity contribution >= 4 is 39.6 Å². The number of aliphatic hydroxyl groups is 1. The molecule has 0 saturated carbocycles. The van der Waals surface area contributed by atoms with Gasteiger partial charge in [-0.25, -0.2) is 0 Å². The lowest BCUT2D eigenvalue weighted by atomic mass is 9.82. The Morgan fingerprint density at radius 3 is 2.71 bits per heavy atom. The van der Waals surface area contributed by atoms with Crippen LogP contribution in [-0.2, 0) is 15.1 Å². The van der Waals surface area contributed by atoms with Crippen LogP contribution in [0.4, 0.5) is 17.1 Å². The molecule has 0 aliphatic carbocycles. The first-order valence-corrected chi connectivity index (χ1v) is 11.7. The molecule has 3 aromatic carbocycles. The standard InChI is InChI=1S/C28H26N2O4/c1-3-13-29-23-11-10-19(16-22(23)28(27(29)33)17(2)15-20(34-28)12-14-31)30-24-9-5-7-18-6-4-8-21(25(18)24)26(30)32/h3-11,16-17,20,31H,1,12-15H2,2H3/t17-,20+,28+/m1/s1. The quantitative estimate of drug-likeness (QED) is 0.569. The Hall–Kier alpha value is -3.48. The number of hydrogen-bond acceptors (Lipinski definition) is 4. The van der Waals surface area contributed by atoms with Gasteiger partial charge in [-0.3, -0.25) is 14.5 Å². The van der Waals surface area contributed by atoms with Crippen molar-refractivity contribution in [3.05, 3.63) is 78.4 Å². The summed E-state index contributed by atoms with van der Waals surface area (Å²) in [6.07, 6.45) is 2.68. The van der Waals surface area contributed by atoms with Gasteiger partial charge in [-0.05, 0) is 48.6 Å². The number of carbonyl (C=O) groups is 2. The van der Waals surface area contributed by atoms with Gasteiger partial charge in [-0.15, -0.1) is 6.58 Å². The lowest BCUT2D eigenvalue weighted by Crippen LogP contribution is -2.44. The summed E-state index contributed by atoms with van der Waals surface area (Å²) in [5.74, 6) is -0.257. The monoisotopic (exact) mass is 454 g/mol. The number of amides is 2. The molecule has 1 fully saturated rings. The maximum Gasteiger partial charge on any atom is 0.264 e. The van der Waals surface area contributed by atoms with Crippen LogP contribution in [0.25, 0.3) is 10.8 Å². The highest BCUT2D eigenvalue weighted by Gasteiger charge is 2.60. The zero-order valence-electron chi connectivity index (χ0n) is 19.0. The lowest BCUT2D eigenvalue weighted by molar-refractivity contribution is -0.146. The number of carbonyl (C=O) groups excluding carboxylic acids is 2. The molecule has 0 unspecified atom stereocenters. The molecule has 34 heavy (non-hydrogen) atoms. The number of anilines is 3. The van der Waals surface area contributed by atoms with E-state index >= 15 is 0 Å². The van der Waals surface area contributed by atoms with Gasteiger partial charge in [0.25, 0.3) is 11.8 Å². The van der Waals surface area contributed by atoms with Gasteiger partial charge >= 0.3 is 0 Å². The summed E-state index contributed by atoms with van der Waals surface area (Å²) in [6.45, 7) is 6.24. The minimum atomic E-state index is -1.13. The Labute approximate surface area is 198 Å². The molecule has 0 bridgehead atoms. The Bertz CT molecular complexity index is 1360. The molecule has 1 spiro atoms. The number of fused-ring (bicyclic) bond motifs is 2. The molecule has 6 nitrogen and oxygen atoms in total. The Morgan fingerprint density at radius 1 is 1.15 bits per heavy atom. The summed E-state index contributed by atoms with van der Waals surface area (Å²) in [5, 5.41) is 11.5. The van der Waals surface area contributed by atoms with Crippen LogP contribution in [-0.4, -0.2) is 36.2 Å². The lowest BCUT2D eigenvalue weighted by Gasteiger charge is -2.28. The summed E-state index contributed by atoms with van der Waals surface area (Å²) < 4.78 is 6.45. The van der Waals surface area contributed by atoms with E-state index in [4.69, 9.17) is 4.74 Å². The summed E-state index contributed by atoms with van der Waals surface area (Å²) in [7, 11) is 0. The molecule has 0 radical (unpaired) electrons. The van der Waals surface area contributed by atoms with Crippen LogP contribution in [0, 0.1) is 5.92 Å². The van der Waals surface area contributed by atoms with E-state index in [1.54, 1.807) is 15.9 Å². The average molecular weight is 455 g/mol. The third-order valence-electron chi connectivity index (χ3n) is 7.47. The fourth-order valence-electron chi connectivity index (χ4n) is 6.00. The molecule has 3 aromatic rings. The fraction of sp³-hybridized carbons (Fsp3) is 0.286. The van der Waals surface area contributed by atoms with Gasteiger partial charge in [0.2, 0.25) is 0 Å². The normalized spacial score (nSPS) is 25.1. The maximum absolute atomic E-state index is 13.8. The van der Waals surface area contributed by atoms with Gasteiger partial charge in [0.1, 0.15) is 0 Å². The summed E-state index contributed by atoms with van der Waals surface area (Å²) in [4.78, 5) is 30.7. The molecule has 172 valence electrons. The van der Waals surface area contributed by atoms with Crippen LogP contribution in [0.2, 0.25) is 0 Å². The van der Waals surface area contributed by atoms with Gasteiger partial charge in [0.15, 0.2) is 5.60 Å². The van der Waals surface area contributed by atoms with E-state index in [0.717, 1.165) is 27.7 Å². The van der Waals surface area contributed by atoms with Crippen LogP contribution >= 0.6 is 0 Å². The molecular formula is C28H26N2O4. The van der Waals surface area contributed by atoms with Crippen molar-refractivity contribution in [2.75, 3.05) is 23.0 Å². The molecule has 6 heteroatoms. The van der Waals surface area contributed by atoms with Crippen molar-refractivity contribution in [3.63, 3.8) is 0 Å². The van der Waals surface area contributed by atoms with Crippen molar-refractivity contribution in [1.82, 2.24) is 0 Å². The minimum absolute atomic E-state index is 0.00939. The molecular weight excluding hydrogens is 428 g/mol. The number of hydrogen-bond donors (Lipinski definition) is 1. The highest BCUT2D eigenvalue weighted by atomic mass is 16.5. The van der Waals surface area contributed by atoms with Crippen molar-refractivity contribution < 1.29 is 19.4 Å². The van der Waals surface area contributed by atoms with Crippen molar-refractivity contribution in [1.29, 1.82) is 0 Å². The van der Waals surface area contributed by atoms with Crippen LogP contribution < -0.4 is 9.80 Å². The number of ether oxygens (including phenoxy) is 1. The van der Waals surface area contributed by atoms with E-state index in [9.17, 15) is 14.7 Å². The first kappa shape index (κ1) is 21.1. The van der Waals surface area contributed by atoms with E-state index in [1.165, 1.54) is 0 Å². The van der Waals surface area contributed by atoms with Gasteiger partial charge in [-0.1, -0.05) is 37.3 Å². The average Bonchev–Trinajstić information content (AvgIpc) is 3.40. The SMILES string of the molecule is C=CCN1C(=O)[C@@]2(O[C@@H](CCO)C[C@H]2C)c2cc(N3C(=O)c4cccc5cccc3c45)ccc21. The molecule has 1 saturated heterocycles. The molecule has 3 aliphatic rings. The topological polar surface area (TPSA) is 70.1 Å². The summed E-state index contributed by atoms with van der Waals surface area (Å²) in [5.41, 5.74) is 2.67. The van der Waals surface area contributed by atoms with E-state index < -0.39 is 5.60 Å². The van der Waals surface area contributed by atoms with Gasteiger partial charge in [-0.2, -0.15) is 0 Å². The molecule has 2 amide bonds. The molecule has 1 N–H and O–H groups in total. The van der Waals surface area contributed by atoms with E-state index in [0.29, 0.717) is 30.6 Å². The van der Waals surface area contributed by atoms with Crippen molar-refractivity contribution in [2.45, 2.75) is 31.5 Å². The van der Waals surface area contributed by atoms with Crippen molar-refractivity contribution in [3.8, 4) is 0 Å². The second-order valence-corrected chi connectivity index (χ2v) is 9.35. The third-order valence-corrected chi connectivity index (χ3v) is 7.47. The van der Waals surface area contributed by atoms with Gasteiger partial charge in [0, 0.05) is 35.7 Å². The highest BCUT2D eigenvalue weighted by molar-refractivity contribution is 6.28. The first-order chi connectivity index (χ1) is 16.5. The molecule has 3 heterocycles. The summed E-state index contributed by atoms with van der Waals surface area (Å²) >= 11 is 0. The van der Waals surface area contributed by atoms with E-state index in [1.807, 2.05) is 61.5 Å². The molecule has 3 atom stereocenters. The van der Waals surface area contributed by atoms with Crippen LogP contribution in [0.5, 0.6) is 0 Å². The predicted octanol–water partition coefficient (Wildman–Crippen LogP) is 4.67. The minimum Gasteiger partial charge on any atom is -0.396 e. The van der Waals surface area contributed by atoms with Gasteiger partial charge in [0.05, 0.1) is 23.0 Å². The van der Waals surface area contributed by atoms with Crippen LogP contribution in [0.15, 0.2) is 67.3 Å². The van der Waals surface area contributed by atoms with Crippen LogP contribution in [0.3, 0.4) is 0 Å². The molecule has 6 rings (SSSR count). The Balaban J connectivity index is 1.51. The highest BCUT2D eigenvalue weighted by Crippen LogP contribution is 2.55. The first-order valence-electron chi connectivity index (χ1n) is 11.7. The zero-order chi connectivity index (χ0) is 23.6. The molecule has 3 aliphatic heterocycles. The maximum atomic E-state index is 13.8. The van der Waals surface area contributed by atoms with Gasteiger partial charge < -0.3 is 14.7 Å². The Morgan fingerprint density at radius 2 is 1.94 bits per heavy atom. The largest absolute Gasteiger partial charge is 0.396 e. The Kier molecular flexibility index (Phi) is 4.66. The number of rotatable bonds is 5. The van der Waals surface area contributed by atoms with E-state index in [-0.39, 0.29) is 30.4 Å².